The van der Waals surface area contributed by atoms with Gasteiger partial charge in [0.25, 0.3) is 5.91 Å². The number of pyridine rings is 1. The molecule has 0 saturated carbocycles. The van der Waals surface area contributed by atoms with Gasteiger partial charge in [0.05, 0.1) is 13.2 Å². The Hall–Kier alpha value is -2.66. The van der Waals surface area contributed by atoms with Gasteiger partial charge in [0.1, 0.15) is 5.69 Å². The average molecular weight is 349 g/mol. The molecule has 3 heterocycles. The molecule has 134 valence electrons. The minimum Gasteiger partial charge on any atom is -0.379 e. The maximum absolute atomic E-state index is 12.7. The Morgan fingerprint density at radius 3 is 3.04 bits per heavy atom. The highest BCUT2D eigenvalue weighted by Gasteiger charge is 2.24. The van der Waals surface area contributed by atoms with Crippen LogP contribution < -0.4 is 0 Å². The topological polar surface area (TPSA) is 47.4 Å². The van der Waals surface area contributed by atoms with Crippen molar-refractivity contribution in [3.05, 3.63) is 66.1 Å². The summed E-state index contributed by atoms with van der Waals surface area (Å²) in [5, 5.41) is 1.25. The molecular weight excluding hydrogens is 326 g/mol. The van der Waals surface area contributed by atoms with Gasteiger partial charge in [0, 0.05) is 44.0 Å². The van der Waals surface area contributed by atoms with E-state index in [9.17, 15) is 4.79 Å². The molecule has 0 unspecified atom stereocenters. The molecule has 1 saturated heterocycles. The normalized spacial score (nSPS) is 18.0. The van der Waals surface area contributed by atoms with Crippen LogP contribution in [0.1, 0.15) is 16.1 Å². The molecule has 1 aliphatic rings. The molecule has 1 aromatic carbocycles. The number of hydrogen-bond donors (Lipinski definition) is 0. The molecule has 3 aromatic rings. The molecule has 0 spiro atoms. The predicted molar refractivity (Wildman–Crippen MR) is 101 cm³/mol. The number of aryl methyl sites for hydroxylation is 1. The lowest BCUT2D eigenvalue weighted by Crippen LogP contribution is -2.36. The lowest BCUT2D eigenvalue weighted by atomic mass is 9.98. The standard InChI is InChI=1S/C21H23N3O2/c1-23-9-7-18-13-16(5-6-20(18)23)12-17-14-24(10-11-26-15-17)21(25)19-4-2-3-8-22-19/h2-9,13,17H,10-12,14-15H2,1H3/t17-/m0/s1. The summed E-state index contributed by atoms with van der Waals surface area (Å²) in [6.07, 6.45) is 4.64. The molecule has 2 aromatic heterocycles. The molecule has 1 atom stereocenters. The fraction of sp³-hybridized carbons (Fsp3) is 0.333. The Kier molecular flexibility index (Phi) is 4.71. The Morgan fingerprint density at radius 1 is 1.27 bits per heavy atom. The third-order valence-corrected chi connectivity index (χ3v) is 4.98. The van der Waals surface area contributed by atoms with E-state index in [4.69, 9.17) is 4.74 Å². The van der Waals surface area contributed by atoms with Crippen molar-refractivity contribution < 1.29 is 9.53 Å². The second kappa shape index (κ2) is 7.30. The van der Waals surface area contributed by atoms with Crippen molar-refractivity contribution in [3.8, 4) is 0 Å². The number of aromatic nitrogens is 2. The van der Waals surface area contributed by atoms with Gasteiger partial charge in [-0.05, 0) is 47.7 Å². The number of rotatable bonds is 3. The Bertz CT molecular complexity index is 904. The summed E-state index contributed by atoms with van der Waals surface area (Å²) in [5.74, 6) is 0.269. The minimum absolute atomic E-state index is 0.0142. The first kappa shape index (κ1) is 16.8. The third-order valence-electron chi connectivity index (χ3n) is 4.98. The molecule has 4 rings (SSSR count). The van der Waals surface area contributed by atoms with Crippen molar-refractivity contribution in [3.63, 3.8) is 0 Å². The number of benzene rings is 1. The van der Waals surface area contributed by atoms with Crippen LogP contribution in [0.2, 0.25) is 0 Å². The largest absolute Gasteiger partial charge is 0.379 e. The molecular formula is C21H23N3O2. The van der Waals surface area contributed by atoms with Crippen LogP contribution >= 0.6 is 0 Å². The number of amides is 1. The van der Waals surface area contributed by atoms with Crippen molar-refractivity contribution in [2.45, 2.75) is 6.42 Å². The maximum atomic E-state index is 12.7. The van der Waals surface area contributed by atoms with E-state index in [2.05, 4.69) is 47.1 Å². The second-order valence-corrected chi connectivity index (χ2v) is 6.93. The molecule has 0 bridgehead atoms. The first-order valence-electron chi connectivity index (χ1n) is 9.03. The summed E-state index contributed by atoms with van der Waals surface area (Å²) >= 11 is 0. The van der Waals surface area contributed by atoms with Crippen LogP contribution in [0.3, 0.4) is 0 Å². The van der Waals surface area contributed by atoms with E-state index in [0.29, 0.717) is 32.0 Å². The number of fused-ring (bicyclic) bond motifs is 1. The summed E-state index contributed by atoms with van der Waals surface area (Å²) < 4.78 is 7.89. The molecule has 1 aliphatic heterocycles. The fourth-order valence-electron chi connectivity index (χ4n) is 3.63. The van der Waals surface area contributed by atoms with Crippen LogP contribution in [0.25, 0.3) is 10.9 Å². The summed E-state index contributed by atoms with van der Waals surface area (Å²) in [6, 6.07) is 14.2. The van der Waals surface area contributed by atoms with Gasteiger partial charge in [0.2, 0.25) is 0 Å². The molecule has 1 amide bonds. The Balaban J connectivity index is 1.49. The van der Waals surface area contributed by atoms with Crippen LogP contribution in [0.4, 0.5) is 0 Å². The highest BCUT2D eigenvalue weighted by Crippen LogP contribution is 2.20. The summed E-state index contributed by atoms with van der Waals surface area (Å²) in [5.41, 5.74) is 3.01. The zero-order valence-electron chi connectivity index (χ0n) is 15.0. The minimum atomic E-state index is -0.0142. The van der Waals surface area contributed by atoms with Gasteiger partial charge in [-0.15, -0.1) is 0 Å². The molecule has 0 aliphatic carbocycles. The van der Waals surface area contributed by atoms with E-state index in [1.54, 1.807) is 12.3 Å². The van der Waals surface area contributed by atoms with Crippen molar-refractivity contribution in [2.24, 2.45) is 13.0 Å². The van der Waals surface area contributed by atoms with Crippen LogP contribution in [0.15, 0.2) is 54.9 Å². The smallest absolute Gasteiger partial charge is 0.272 e. The van der Waals surface area contributed by atoms with Crippen molar-refractivity contribution >= 4 is 16.8 Å². The maximum Gasteiger partial charge on any atom is 0.272 e. The molecule has 26 heavy (non-hydrogen) atoms. The zero-order chi connectivity index (χ0) is 17.9. The van der Waals surface area contributed by atoms with Gasteiger partial charge in [-0.1, -0.05) is 12.1 Å². The highest BCUT2D eigenvalue weighted by atomic mass is 16.5. The lowest BCUT2D eigenvalue weighted by molar-refractivity contribution is 0.0731. The molecule has 1 fully saturated rings. The van der Waals surface area contributed by atoms with E-state index in [0.717, 1.165) is 6.42 Å². The summed E-state index contributed by atoms with van der Waals surface area (Å²) in [6.45, 7) is 2.57. The van der Waals surface area contributed by atoms with Crippen molar-refractivity contribution in [1.82, 2.24) is 14.5 Å². The molecule has 0 N–H and O–H groups in total. The number of ether oxygens (including phenoxy) is 1. The van der Waals surface area contributed by atoms with Gasteiger partial charge < -0.3 is 14.2 Å². The zero-order valence-corrected chi connectivity index (χ0v) is 15.0. The molecule has 0 radical (unpaired) electrons. The molecule has 5 nitrogen and oxygen atoms in total. The first-order valence-corrected chi connectivity index (χ1v) is 9.03. The van der Waals surface area contributed by atoms with Gasteiger partial charge in [-0.25, -0.2) is 0 Å². The van der Waals surface area contributed by atoms with Gasteiger partial charge in [0.15, 0.2) is 0 Å². The first-order chi connectivity index (χ1) is 12.7. The Labute approximate surface area is 153 Å². The van der Waals surface area contributed by atoms with E-state index in [1.165, 1.54) is 16.5 Å². The fourth-order valence-corrected chi connectivity index (χ4v) is 3.63. The SMILES string of the molecule is Cn1ccc2cc(C[C@@H]3COCCN(C(=O)c4ccccn4)C3)ccc21. The third kappa shape index (κ3) is 3.48. The molecule has 5 heteroatoms. The van der Waals surface area contributed by atoms with Crippen molar-refractivity contribution in [2.75, 3.05) is 26.3 Å². The monoisotopic (exact) mass is 349 g/mol. The van der Waals surface area contributed by atoms with Crippen LogP contribution in [-0.2, 0) is 18.2 Å². The number of hydrogen-bond acceptors (Lipinski definition) is 3. The van der Waals surface area contributed by atoms with Gasteiger partial charge in [-0.3, -0.25) is 9.78 Å². The van der Waals surface area contributed by atoms with Gasteiger partial charge >= 0.3 is 0 Å². The lowest BCUT2D eigenvalue weighted by Gasteiger charge is -2.23. The Morgan fingerprint density at radius 2 is 2.19 bits per heavy atom. The van der Waals surface area contributed by atoms with Gasteiger partial charge in [-0.2, -0.15) is 0 Å². The number of carbonyl (C=O) groups is 1. The van der Waals surface area contributed by atoms with E-state index in [-0.39, 0.29) is 11.8 Å². The second-order valence-electron chi connectivity index (χ2n) is 6.93. The van der Waals surface area contributed by atoms with E-state index < -0.39 is 0 Å². The summed E-state index contributed by atoms with van der Waals surface area (Å²) in [4.78, 5) is 18.8. The predicted octanol–water partition coefficient (Wildman–Crippen LogP) is 2.90. The van der Waals surface area contributed by atoms with Crippen LogP contribution in [0, 0.1) is 5.92 Å². The highest BCUT2D eigenvalue weighted by molar-refractivity contribution is 5.92. The summed E-state index contributed by atoms with van der Waals surface area (Å²) in [7, 11) is 2.06. The number of nitrogens with zero attached hydrogens (tertiary/aromatic N) is 3. The average Bonchev–Trinajstić information content (AvgIpc) is 2.89. The quantitative estimate of drug-likeness (QED) is 0.730. The van der Waals surface area contributed by atoms with E-state index >= 15 is 0 Å². The van der Waals surface area contributed by atoms with E-state index in [1.807, 2.05) is 17.0 Å². The van der Waals surface area contributed by atoms with Crippen LogP contribution in [-0.4, -0.2) is 46.7 Å². The van der Waals surface area contributed by atoms with Crippen LogP contribution in [0.5, 0.6) is 0 Å². The number of carbonyl (C=O) groups excluding carboxylic acids is 1. The van der Waals surface area contributed by atoms with Crippen molar-refractivity contribution in [1.29, 1.82) is 0 Å².